The Morgan fingerprint density at radius 2 is 2.14 bits per heavy atom. The Hall–Kier alpha value is -2.54. The summed E-state index contributed by atoms with van der Waals surface area (Å²) >= 11 is 1.27. The molecule has 0 aliphatic rings. The molecule has 112 valence electrons. The number of benzene rings is 1. The molecule has 7 heteroatoms. The number of carbonyl (C=O) groups excluding carboxylic acids is 1. The number of hydrogen-bond donors (Lipinski definition) is 0. The molecule has 0 radical (unpaired) electrons. The Labute approximate surface area is 127 Å². The Kier molecular flexibility index (Phi) is 3.97. The zero-order valence-electron chi connectivity index (χ0n) is 11.1. The maximum Gasteiger partial charge on any atom is 0.348 e. The number of rotatable bonds is 4. The minimum atomic E-state index is -0.752. The molecule has 0 atom stereocenters. The largest absolute Gasteiger partial charge is 0.455 e. The highest BCUT2D eigenvalue weighted by molar-refractivity contribution is 7.11. The predicted octanol–water partition coefficient (Wildman–Crippen LogP) is 4.04. The summed E-state index contributed by atoms with van der Waals surface area (Å²) < 4.78 is 36.6. The molecular weight excluding hydrogens is 312 g/mol. The molecule has 0 aliphatic carbocycles. The van der Waals surface area contributed by atoms with Gasteiger partial charge in [-0.15, -0.1) is 11.3 Å². The molecule has 4 nitrogen and oxygen atoms in total. The van der Waals surface area contributed by atoms with Gasteiger partial charge in [-0.05, 0) is 23.6 Å². The van der Waals surface area contributed by atoms with Crippen molar-refractivity contribution in [3.63, 3.8) is 0 Å². The second-order valence-corrected chi connectivity index (χ2v) is 5.31. The lowest BCUT2D eigenvalue weighted by Crippen LogP contribution is -2.03. The quantitative estimate of drug-likeness (QED) is 0.681. The summed E-state index contributed by atoms with van der Waals surface area (Å²) in [6, 6.07) is 7.97. The molecule has 0 bridgehead atoms. The summed E-state index contributed by atoms with van der Waals surface area (Å²) in [5, 5.41) is 5.47. The lowest BCUT2D eigenvalue weighted by Gasteiger charge is -1.99. The van der Waals surface area contributed by atoms with Gasteiger partial charge in [-0.1, -0.05) is 11.2 Å². The first-order chi connectivity index (χ1) is 10.6. The van der Waals surface area contributed by atoms with E-state index in [4.69, 9.17) is 9.26 Å². The molecule has 0 aliphatic heterocycles. The third kappa shape index (κ3) is 3.04. The maximum absolute atomic E-state index is 13.6. The lowest BCUT2D eigenvalue weighted by atomic mass is 10.1. The van der Waals surface area contributed by atoms with Crippen molar-refractivity contribution in [2.45, 2.75) is 6.61 Å². The maximum atomic E-state index is 13.6. The number of aromatic nitrogens is 1. The Bertz CT molecular complexity index is 799. The highest BCUT2D eigenvalue weighted by Crippen LogP contribution is 2.24. The third-order valence-corrected chi connectivity index (χ3v) is 3.68. The van der Waals surface area contributed by atoms with Crippen molar-refractivity contribution in [2.75, 3.05) is 0 Å². The van der Waals surface area contributed by atoms with Gasteiger partial charge in [0.25, 0.3) is 0 Å². The van der Waals surface area contributed by atoms with Gasteiger partial charge in [-0.2, -0.15) is 0 Å². The number of hydrogen-bond acceptors (Lipinski definition) is 5. The van der Waals surface area contributed by atoms with E-state index in [0.717, 1.165) is 12.1 Å². The van der Waals surface area contributed by atoms with Gasteiger partial charge < -0.3 is 9.26 Å². The molecular formula is C15H9F2NO3S. The number of halogens is 2. The van der Waals surface area contributed by atoms with Crippen LogP contribution in [-0.4, -0.2) is 11.1 Å². The van der Waals surface area contributed by atoms with Crippen LogP contribution in [0, 0.1) is 11.6 Å². The molecule has 3 aromatic rings. The second kappa shape index (κ2) is 6.07. The summed E-state index contributed by atoms with van der Waals surface area (Å²) in [6.07, 6.45) is 0. The van der Waals surface area contributed by atoms with Crippen LogP contribution in [0.2, 0.25) is 0 Å². The number of ether oxygens (including phenoxy) is 1. The fraction of sp³-hybridized carbons (Fsp3) is 0.0667. The zero-order valence-corrected chi connectivity index (χ0v) is 11.9. The molecule has 2 heterocycles. The first-order valence-electron chi connectivity index (χ1n) is 6.25. The van der Waals surface area contributed by atoms with Gasteiger partial charge >= 0.3 is 5.97 Å². The van der Waals surface area contributed by atoms with Crippen LogP contribution >= 0.6 is 11.3 Å². The fourth-order valence-electron chi connectivity index (χ4n) is 1.80. The summed E-state index contributed by atoms with van der Waals surface area (Å²) in [6.45, 7) is -0.0942. The summed E-state index contributed by atoms with van der Waals surface area (Å²) in [7, 11) is 0. The van der Waals surface area contributed by atoms with Crippen molar-refractivity contribution >= 4 is 17.3 Å². The molecule has 2 aromatic heterocycles. The molecule has 0 saturated heterocycles. The number of thiophene rings is 1. The number of esters is 1. The Morgan fingerprint density at radius 1 is 1.27 bits per heavy atom. The van der Waals surface area contributed by atoms with Crippen molar-refractivity contribution in [1.82, 2.24) is 5.16 Å². The lowest BCUT2D eigenvalue weighted by molar-refractivity contribution is 0.0470. The van der Waals surface area contributed by atoms with Gasteiger partial charge in [0.15, 0.2) is 5.76 Å². The minimum Gasteiger partial charge on any atom is -0.455 e. The minimum absolute atomic E-state index is 0.0877. The van der Waals surface area contributed by atoms with Gasteiger partial charge in [0.05, 0.1) is 5.56 Å². The van der Waals surface area contributed by atoms with Crippen LogP contribution in [-0.2, 0) is 11.3 Å². The second-order valence-electron chi connectivity index (χ2n) is 4.36. The molecule has 22 heavy (non-hydrogen) atoms. The third-order valence-electron chi connectivity index (χ3n) is 2.83. The van der Waals surface area contributed by atoms with Gasteiger partial charge in [-0.3, -0.25) is 0 Å². The van der Waals surface area contributed by atoms with E-state index in [1.807, 2.05) is 0 Å². The van der Waals surface area contributed by atoms with Crippen LogP contribution in [0.3, 0.4) is 0 Å². The van der Waals surface area contributed by atoms with E-state index >= 15 is 0 Å². The first kappa shape index (κ1) is 14.4. The van der Waals surface area contributed by atoms with Crippen LogP contribution in [0.4, 0.5) is 8.78 Å². The van der Waals surface area contributed by atoms with Crippen molar-refractivity contribution in [3.8, 4) is 11.3 Å². The fourth-order valence-corrected chi connectivity index (χ4v) is 2.42. The monoisotopic (exact) mass is 321 g/mol. The molecule has 0 fully saturated rings. The van der Waals surface area contributed by atoms with Gasteiger partial charge in [0, 0.05) is 12.1 Å². The predicted molar refractivity (Wildman–Crippen MR) is 75.3 cm³/mol. The molecule has 1 aromatic carbocycles. The number of nitrogens with zero attached hydrogens (tertiary/aromatic N) is 1. The standard InChI is InChI=1S/C15H9F2NO3S/c16-9-3-4-11(12(17)6-9)13-7-10(18-21-13)8-20-15(19)14-2-1-5-22-14/h1-7H,8H2. The first-order valence-corrected chi connectivity index (χ1v) is 7.13. The zero-order chi connectivity index (χ0) is 15.5. The van der Waals surface area contributed by atoms with Crippen LogP contribution in [0.15, 0.2) is 46.3 Å². The SMILES string of the molecule is O=C(OCc1cc(-c2ccc(F)cc2F)on1)c1cccs1. The van der Waals surface area contributed by atoms with E-state index < -0.39 is 17.6 Å². The summed E-state index contributed by atoms with van der Waals surface area (Å²) in [4.78, 5) is 12.2. The van der Waals surface area contributed by atoms with Crippen molar-refractivity contribution < 1.29 is 22.8 Å². The number of carbonyl (C=O) groups is 1. The van der Waals surface area contributed by atoms with E-state index in [-0.39, 0.29) is 17.9 Å². The van der Waals surface area contributed by atoms with Gasteiger partial charge in [0.1, 0.15) is 28.8 Å². The van der Waals surface area contributed by atoms with Crippen LogP contribution in [0.1, 0.15) is 15.4 Å². The van der Waals surface area contributed by atoms with E-state index in [1.54, 1.807) is 17.5 Å². The van der Waals surface area contributed by atoms with Gasteiger partial charge in [-0.25, -0.2) is 13.6 Å². The van der Waals surface area contributed by atoms with Crippen molar-refractivity contribution in [2.24, 2.45) is 0 Å². The van der Waals surface area contributed by atoms with E-state index in [2.05, 4.69) is 5.16 Å². The average Bonchev–Trinajstić information content (AvgIpc) is 3.16. The smallest absolute Gasteiger partial charge is 0.348 e. The van der Waals surface area contributed by atoms with Crippen LogP contribution < -0.4 is 0 Å². The molecule has 0 unspecified atom stereocenters. The van der Waals surface area contributed by atoms with E-state index in [1.165, 1.54) is 23.5 Å². The normalized spacial score (nSPS) is 10.6. The molecule has 0 saturated carbocycles. The molecule has 0 amide bonds. The van der Waals surface area contributed by atoms with E-state index in [9.17, 15) is 13.6 Å². The van der Waals surface area contributed by atoms with Crippen molar-refractivity contribution in [1.29, 1.82) is 0 Å². The topological polar surface area (TPSA) is 52.3 Å². The highest BCUT2D eigenvalue weighted by atomic mass is 32.1. The Balaban J connectivity index is 1.70. The van der Waals surface area contributed by atoms with Crippen LogP contribution in [0.5, 0.6) is 0 Å². The molecule has 0 N–H and O–H groups in total. The van der Waals surface area contributed by atoms with Gasteiger partial charge in [0.2, 0.25) is 0 Å². The summed E-state index contributed by atoms with van der Waals surface area (Å²) in [5.41, 5.74) is 0.424. The summed E-state index contributed by atoms with van der Waals surface area (Å²) in [5.74, 6) is -1.75. The Morgan fingerprint density at radius 3 is 2.86 bits per heavy atom. The molecule has 3 rings (SSSR count). The van der Waals surface area contributed by atoms with E-state index in [0.29, 0.717) is 10.6 Å². The van der Waals surface area contributed by atoms with Crippen LogP contribution in [0.25, 0.3) is 11.3 Å². The highest BCUT2D eigenvalue weighted by Gasteiger charge is 2.14. The van der Waals surface area contributed by atoms with Crippen molar-refractivity contribution in [3.05, 3.63) is 64.0 Å². The molecule has 0 spiro atoms. The average molecular weight is 321 g/mol.